The standard InChI is InChI=1S/C17H22N2/c1-2-18-16(14-8-3-4-9-14)17-15-10-6-5-7-13(15)11-12-19-17/h5-7,10-12,14,16,18H,2-4,8-9H2,1H3. The second-order valence-corrected chi connectivity index (χ2v) is 5.50. The Kier molecular flexibility index (Phi) is 3.79. The van der Waals surface area contributed by atoms with Gasteiger partial charge in [0.2, 0.25) is 0 Å². The summed E-state index contributed by atoms with van der Waals surface area (Å²) in [5.74, 6) is 0.748. The van der Waals surface area contributed by atoms with Crippen molar-refractivity contribution in [2.45, 2.75) is 38.6 Å². The Morgan fingerprint density at radius 2 is 2.00 bits per heavy atom. The molecule has 1 atom stereocenters. The molecular formula is C17H22N2. The summed E-state index contributed by atoms with van der Waals surface area (Å²) in [7, 11) is 0. The largest absolute Gasteiger partial charge is 0.309 e. The molecule has 1 aromatic carbocycles. The summed E-state index contributed by atoms with van der Waals surface area (Å²) in [6.45, 7) is 3.19. The summed E-state index contributed by atoms with van der Waals surface area (Å²) >= 11 is 0. The summed E-state index contributed by atoms with van der Waals surface area (Å²) < 4.78 is 0. The van der Waals surface area contributed by atoms with Gasteiger partial charge in [0.1, 0.15) is 0 Å². The number of hydrogen-bond acceptors (Lipinski definition) is 2. The zero-order valence-electron chi connectivity index (χ0n) is 11.6. The van der Waals surface area contributed by atoms with Crippen molar-refractivity contribution in [2.24, 2.45) is 5.92 Å². The number of nitrogens with zero attached hydrogens (tertiary/aromatic N) is 1. The highest BCUT2D eigenvalue weighted by atomic mass is 14.9. The van der Waals surface area contributed by atoms with Gasteiger partial charge in [-0.25, -0.2) is 0 Å². The SMILES string of the molecule is CCNC(c1nccc2ccccc12)C1CCCC1. The van der Waals surface area contributed by atoms with Crippen molar-refractivity contribution in [3.05, 3.63) is 42.2 Å². The van der Waals surface area contributed by atoms with Crippen LogP contribution in [0.25, 0.3) is 10.8 Å². The van der Waals surface area contributed by atoms with Crippen LogP contribution < -0.4 is 5.32 Å². The van der Waals surface area contributed by atoms with Gasteiger partial charge in [-0.1, -0.05) is 44.0 Å². The minimum Gasteiger partial charge on any atom is -0.309 e. The summed E-state index contributed by atoms with van der Waals surface area (Å²) in [6.07, 6.45) is 7.37. The van der Waals surface area contributed by atoms with Crippen LogP contribution in [0.4, 0.5) is 0 Å². The smallest absolute Gasteiger partial charge is 0.0654 e. The van der Waals surface area contributed by atoms with Crippen LogP contribution in [0, 0.1) is 5.92 Å². The predicted octanol–water partition coefficient (Wildman–Crippen LogP) is 4.08. The summed E-state index contributed by atoms with van der Waals surface area (Å²) in [6, 6.07) is 11.1. The monoisotopic (exact) mass is 254 g/mol. The van der Waals surface area contributed by atoms with Gasteiger partial charge in [0.05, 0.1) is 11.7 Å². The van der Waals surface area contributed by atoms with E-state index in [4.69, 9.17) is 4.98 Å². The van der Waals surface area contributed by atoms with E-state index >= 15 is 0 Å². The van der Waals surface area contributed by atoms with Crippen molar-refractivity contribution in [2.75, 3.05) is 6.54 Å². The fourth-order valence-electron chi connectivity index (χ4n) is 3.39. The first kappa shape index (κ1) is 12.6. The van der Waals surface area contributed by atoms with Crippen LogP contribution in [0.2, 0.25) is 0 Å². The third-order valence-electron chi connectivity index (χ3n) is 4.29. The zero-order chi connectivity index (χ0) is 13.1. The van der Waals surface area contributed by atoms with E-state index in [-0.39, 0.29) is 0 Å². The molecule has 1 unspecified atom stereocenters. The fraction of sp³-hybridized carbons (Fsp3) is 0.471. The van der Waals surface area contributed by atoms with E-state index in [0.29, 0.717) is 6.04 Å². The lowest BCUT2D eigenvalue weighted by molar-refractivity contribution is 0.370. The second-order valence-electron chi connectivity index (χ2n) is 5.50. The van der Waals surface area contributed by atoms with Crippen LogP contribution >= 0.6 is 0 Å². The van der Waals surface area contributed by atoms with E-state index in [9.17, 15) is 0 Å². The van der Waals surface area contributed by atoms with Crippen molar-refractivity contribution in [3.8, 4) is 0 Å². The first-order chi connectivity index (χ1) is 9.40. The number of aromatic nitrogens is 1. The second kappa shape index (κ2) is 5.70. The number of benzene rings is 1. The highest BCUT2D eigenvalue weighted by molar-refractivity contribution is 5.84. The molecule has 1 N–H and O–H groups in total. The molecule has 3 rings (SSSR count). The first-order valence-electron chi connectivity index (χ1n) is 7.47. The number of hydrogen-bond donors (Lipinski definition) is 1. The molecular weight excluding hydrogens is 232 g/mol. The number of pyridine rings is 1. The van der Waals surface area contributed by atoms with Gasteiger partial charge in [0, 0.05) is 11.6 Å². The van der Waals surface area contributed by atoms with E-state index in [2.05, 4.69) is 42.6 Å². The fourth-order valence-corrected chi connectivity index (χ4v) is 3.39. The maximum atomic E-state index is 4.71. The third-order valence-corrected chi connectivity index (χ3v) is 4.29. The van der Waals surface area contributed by atoms with Crippen LogP contribution in [-0.2, 0) is 0 Å². The predicted molar refractivity (Wildman–Crippen MR) is 80.1 cm³/mol. The third kappa shape index (κ3) is 2.50. The topological polar surface area (TPSA) is 24.9 Å². The average molecular weight is 254 g/mol. The van der Waals surface area contributed by atoms with Crippen molar-refractivity contribution in [1.29, 1.82) is 0 Å². The van der Waals surface area contributed by atoms with Crippen molar-refractivity contribution in [3.63, 3.8) is 0 Å². The van der Waals surface area contributed by atoms with Crippen molar-refractivity contribution >= 4 is 10.8 Å². The minimum atomic E-state index is 0.415. The Bertz CT molecular complexity index is 538. The van der Waals surface area contributed by atoms with Gasteiger partial charge in [-0.2, -0.15) is 0 Å². The molecule has 0 amide bonds. The molecule has 1 aliphatic rings. The highest BCUT2D eigenvalue weighted by Crippen LogP contribution is 2.37. The highest BCUT2D eigenvalue weighted by Gasteiger charge is 2.27. The van der Waals surface area contributed by atoms with Crippen LogP contribution in [0.3, 0.4) is 0 Å². The maximum Gasteiger partial charge on any atom is 0.0654 e. The van der Waals surface area contributed by atoms with Crippen LogP contribution in [0.1, 0.15) is 44.3 Å². The Morgan fingerprint density at radius 3 is 2.79 bits per heavy atom. The summed E-state index contributed by atoms with van der Waals surface area (Å²) in [5.41, 5.74) is 1.24. The van der Waals surface area contributed by atoms with Crippen molar-refractivity contribution in [1.82, 2.24) is 10.3 Å². The van der Waals surface area contributed by atoms with Crippen LogP contribution in [0.15, 0.2) is 36.5 Å². The molecule has 2 heteroatoms. The van der Waals surface area contributed by atoms with Gasteiger partial charge < -0.3 is 5.32 Å². The van der Waals surface area contributed by atoms with Gasteiger partial charge >= 0.3 is 0 Å². The Morgan fingerprint density at radius 1 is 1.21 bits per heavy atom. The lowest BCUT2D eigenvalue weighted by atomic mass is 9.92. The normalized spacial score (nSPS) is 17.9. The molecule has 1 heterocycles. The van der Waals surface area contributed by atoms with E-state index in [1.807, 2.05) is 6.20 Å². The molecule has 1 fully saturated rings. The molecule has 2 aromatic rings. The molecule has 0 aliphatic heterocycles. The van der Waals surface area contributed by atoms with E-state index in [1.54, 1.807) is 0 Å². The summed E-state index contributed by atoms with van der Waals surface area (Å²) in [5, 5.41) is 6.28. The number of rotatable bonds is 4. The van der Waals surface area contributed by atoms with Gasteiger partial charge in [0.15, 0.2) is 0 Å². The lowest BCUT2D eigenvalue weighted by Crippen LogP contribution is -2.28. The zero-order valence-corrected chi connectivity index (χ0v) is 11.6. The average Bonchev–Trinajstić information content (AvgIpc) is 2.98. The quantitative estimate of drug-likeness (QED) is 0.889. The molecule has 100 valence electrons. The van der Waals surface area contributed by atoms with E-state index < -0.39 is 0 Å². The van der Waals surface area contributed by atoms with Gasteiger partial charge in [0.25, 0.3) is 0 Å². The molecule has 1 saturated carbocycles. The molecule has 0 spiro atoms. The van der Waals surface area contributed by atoms with Crippen LogP contribution in [0.5, 0.6) is 0 Å². The maximum absolute atomic E-state index is 4.71. The Balaban J connectivity index is 2.03. The molecule has 1 aliphatic carbocycles. The molecule has 19 heavy (non-hydrogen) atoms. The van der Waals surface area contributed by atoms with E-state index in [0.717, 1.165) is 12.5 Å². The van der Waals surface area contributed by atoms with Crippen molar-refractivity contribution < 1.29 is 0 Å². The molecule has 0 bridgehead atoms. The number of fused-ring (bicyclic) bond motifs is 1. The Labute approximate surface area is 115 Å². The molecule has 0 saturated heterocycles. The van der Waals surface area contributed by atoms with Crippen LogP contribution in [-0.4, -0.2) is 11.5 Å². The Hall–Kier alpha value is -1.41. The molecule has 2 nitrogen and oxygen atoms in total. The first-order valence-corrected chi connectivity index (χ1v) is 7.47. The number of nitrogens with one attached hydrogen (secondary N) is 1. The summed E-state index contributed by atoms with van der Waals surface area (Å²) in [4.78, 5) is 4.71. The van der Waals surface area contributed by atoms with Gasteiger partial charge in [-0.3, -0.25) is 4.98 Å². The minimum absolute atomic E-state index is 0.415. The lowest BCUT2D eigenvalue weighted by Gasteiger charge is -2.25. The van der Waals surface area contributed by atoms with E-state index in [1.165, 1.54) is 42.1 Å². The molecule has 0 radical (unpaired) electrons. The van der Waals surface area contributed by atoms with Gasteiger partial charge in [-0.05, 0) is 36.8 Å². The van der Waals surface area contributed by atoms with Gasteiger partial charge in [-0.15, -0.1) is 0 Å². The molecule has 1 aromatic heterocycles.